The number of carbonyl (C=O) groups is 1. The Labute approximate surface area is 128 Å². The van der Waals surface area contributed by atoms with Crippen molar-refractivity contribution in [2.24, 2.45) is 0 Å². The number of halogens is 1. The van der Waals surface area contributed by atoms with Gasteiger partial charge in [-0.25, -0.2) is 9.78 Å². The van der Waals surface area contributed by atoms with E-state index in [1.54, 1.807) is 6.07 Å². The summed E-state index contributed by atoms with van der Waals surface area (Å²) >= 11 is 5.84. The van der Waals surface area contributed by atoms with Crippen LogP contribution < -0.4 is 11.1 Å². The molecule has 0 saturated carbocycles. The second kappa shape index (κ2) is 6.95. The molecule has 0 aliphatic carbocycles. The molecule has 2 aromatic rings. The number of hydrogen-bond acceptors (Lipinski definition) is 5. The largest absolute Gasteiger partial charge is 0.465 e. The van der Waals surface area contributed by atoms with Gasteiger partial charge in [0.1, 0.15) is 11.4 Å². The number of carbonyl (C=O) groups excluding carboxylic acids is 1. The zero-order valence-electron chi connectivity index (χ0n) is 11.6. The second-order valence-corrected chi connectivity index (χ2v) is 4.90. The monoisotopic (exact) mass is 305 g/mol. The van der Waals surface area contributed by atoms with Crippen LogP contribution >= 0.6 is 11.6 Å². The summed E-state index contributed by atoms with van der Waals surface area (Å²) in [6, 6.07) is 9.16. The van der Waals surface area contributed by atoms with Crippen LogP contribution in [0.3, 0.4) is 0 Å². The zero-order valence-corrected chi connectivity index (χ0v) is 12.4. The lowest BCUT2D eigenvalue weighted by Gasteiger charge is -2.10. The molecular weight excluding hydrogens is 290 g/mol. The van der Waals surface area contributed by atoms with E-state index in [0.717, 1.165) is 12.0 Å². The highest BCUT2D eigenvalue weighted by Gasteiger charge is 2.13. The minimum atomic E-state index is -0.469. The fourth-order valence-corrected chi connectivity index (χ4v) is 1.99. The molecule has 110 valence electrons. The van der Waals surface area contributed by atoms with E-state index in [4.69, 9.17) is 22.1 Å². The molecule has 1 aromatic carbocycles. The van der Waals surface area contributed by atoms with E-state index in [-0.39, 0.29) is 0 Å². The molecule has 1 aromatic heterocycles. The Bertz CT molecular complexity index is 629. The number of pyridine rings is 1. The molecule has 0 fully saturated rings. The minimum absolute atomic E-state index is 0.327. The molecule has 2 rings (SSSR count). The molecule has 21 heavy (non-hydrogen) atoms. The van der Waals surface area contributed by atoms with Crippen LogP contribution in [0.15, 0.2) is 36.5 Å². The number of methoxy groups -OCH3 is 1. The zero-order chi connectivity index (χ0) is 15.2. The van der Waals surface area contributed by atoms with Crippen LogP contribution in [0.2, 0.25) is 5.02 Å². The number of aromatic nitrogens is 1. The van der Waals surface area contributed by atoms with Gasteiger partial charge in [0.15, 0.2) is 0 Å². The van der Waals surface area contributed by atoms with E-state index in [0.29, 0.717) is 28.6 Å². The first-order valence-corrected chi connectivity index (χ1v) is 6.80. The first kappa shape index (κ1) is 15.1. The maximum Gasteiger partial charge on any atom is 0.341 e. The van der Waals surface area contributed by atoms with Crippen LogP contribution in [0, 0.1) is 0 Å². The van der Waals surface area contributed by atoms with Gasteiger partial charge < -0.3 is 15.8 Å². The van der Waals surface area contributed by atoms with Gasteiger partial charge in [0.25, 0.3) is 0 Å². The quantitative estimate of drug-likeness (QED) is 0.831. The molecule has 0 unspecified atom stereocenters. The van der Waals surface area contributed by atoms with Gasteiger partial charge in [0.05, 0.1) is 19.0 Å². The van der Waals surface area contributed by atoms with E-state index < -0.39 is 5.97 Å². The number of nitrogens with zero attached hydrogens (tertiary/aromatic N) is 1. The Morgan fingerprint density at radius 1 is 1.38 bits per heavy atom. The van der Waals surface area contributed by atoms with Crippen molar-refractivity contribution in [3.8, 4) is 0 Å². The van der Waals surface area contributed by atoms with Crippen molar-refractivity contribution in [2.45, 2.75) is 6.42 Å². The molecule has 0 amide bonds. The summed E-state index contributed by atoms with van der Waals surface area (Å²) < 4.78 is 4.72. The third-order valence-electron chi connectivity index (χ3n) is 2.93. The molecule has 3 N–H and O–H groups in total. The van der Waals surface area contributed by atoms with E-state index in [1.165, 1.54) is 13.3 Å². The first-order valence-electron chi connectivity index (χ1n) is 6.42. The van der Waals surface area contributed by atoms with Gasteiger partial charge in [-0.15, -0.1) is 0 Å². The summed E-state index contributed by atoms with van der Waals surface area (Å²) in [7, 11) is 1.32. The van der Waals surface area contributed by atoms with Crippen molar-refractivity contribution in [1.29, 1.82) is 0 Å². The number of nitrogens with two attached hydrogens (primary N) is 1. The number of anilines is 2. The molecule has 0 bridgehead atoms. The van der Waals surface area contributed by atoms with Crippen molar-refractivity contribution in [3.63, 3.8) is 0 Å². The first-order chi connectivity index (χ1) is 10.1. The Morgan fingerprint density at radius 2 is 2.10 bits per heavy atom. The third-order valence-corrected chi connectivity index (χ3v) is 3.19. The van der Waals surface area contributed by atoms with Crippen LogP contribution in [0.1, 0.15) is 15.9 Å². The number of benzene rings is 1. The maximum absolute atomic E-state index is 11.7. The van der Waals surface area contributed by atoms with Crippen LogP contribution in [0.4, 0.5) is 11.5 Å². The van der Waals surface area contributed by atoms with Crippen molar-refractivity contribution in [1.82, 2.24) is 4.98 Å². The number of ether oxygens (including phenoxy) is 1. The standard InChI is InChI=1S/C15H16ClN3O2/c1-21-15(20)13-8-12(17)9-19-14(13)18-7-6-10-2-4-11(16)5-3-10/h2-5,8-9H,6-7,17H2,1H3,(H,18,19). The topological polar surface area (TPSA) is 77.2 Å². The number of esters is 1. The van der Waals surface area contributed by atoms with Crippen molar-refractivity contribution >= 4 is 29.1 Å². The van der Waals surface area contributed by atoms with Gasteiger partial charge in [0.2, 0.25) is 0 Å². The van der Waals surface area contributed by atoms with Crippen LogP contribution in [-0.2, 0) is 11.2 Å². The fourth-order valence-electron chi connectivity index (χ4n) is 1.86. The highest BCUT2D eigenvalue weighted by molar-refractivity contribution is 6.30. The predicted molar refractivity (Wildman–Crippen MR) is 83.6 cm³/mol. The smallest absolute Gasteiger partial charge is 0.341 e. The maximum atomic E-state index is 11.7. The molecule has 0 aliphatic rings. The van der Waals surface area contributed by atoms with Gasteiger partial charge in [-0.05, 0) is 30.2 Å². The van der Waals surface area contributed by atoms with Gasteiger partial charge in [-0.2, -0.15) is 0 Å². The summed E-state index contributed by atoms with van der Waals surface area (Å²) in [6.45, 7) is 0.628. The molecule has 0 radical (unpaired) electrons. The number of hydrogen-bond donors (Lipinski definition) is 2. The Balaban J connectivity index is 2.02. The summed E-state index contributed by atoms with van der Waals surface area (Å²) in [4.78, 5) is 15.8. The van der Waals surface area contributed by atoms with Crippen LogP contribution in [0.5, 0.6) is 0 Å². The Kier molecular flexibility index (Phi) is 5.00. The number of nitrogen functional groups attached to an aromatic ring is 1. The highest BCUT2D eigenvalue weighted by atomic mass is 35.5. The number of nitrogens with one attached hydrogen (secondary N) is 1. The number of rotatable bonds is 5. The average molecular weight is 306 g/mol. The van der Waals surface area contributed by atoms with Crippen LogP contribution in [0.25, 0.3) is 0 Å². The predicted octanol–water partition coefficient (Wildman–Crippen LogP) is 2.76. The van der Waals surface area contributed by atoms with E-state index >= 15 is 0 Å². The molecule has 6 heteroatoms. The van der Waals surface area contributed by atoms with Gasteiger partial charge in [-0.1, -0.05) is 23.7 Å². The van der Waals surface area contributed by atoms with Crippen LogP contribution in [-0.4, -0.2) is 24.6 Å². The molecule has 0 atom stereocenters. The SMILES string of the molecule is COC(=O)c1cc(N)cnc1NCCc1ccc(Cl)cc1. The lowest BCUT2D eigenvalue weighted by Crippen LogP contribution is -2.13. The van der Waals surface area contributed by atoms with Gasteiger partial charge in [-0.3, -0.25) is 0 Å². The van der Waals surface area contributed by atoms with E-state index in [2.05, 4.69) is 10.3 Å². The van der Waals surface area contributed by atoms with Gasteiger partial charge in [0, 0.05) is 11.6 Å². The molecule has 0 saturated heterocycles. The molecule has 5 nitrogen and oxygen atoms in total. The fraction of sp³-hybridized carbons (Fsp3) is 0.200. The lowest BCUT2D eigenvalue weighted by atomic mass is 10.1. The molecule has 0 aliphatic heterocycles. The Morgan fingerprint density at radius 3 is 2.76 bits per heavy atom. The molecule has 1 heterocycles. The van der Waals surface area contributed by atoms with Crippen molar-refractivity contribution in [2.75, 3.05) is 24.7 Å². The minimum Gasteiger partial charge on any atom is -0.465 e. The normalized spacial score (nSPS) is 10.2. The summed E-state index contributed by atoms with van der Waals surface area (Å²) in [5.74, 6) is -0.00573. The summed E-state index contributed by atoms with van der Waals surface area (Å²) in [6.07, 6.45) is 2.28. The van der Waals surface area contributed by atoms with Crippen molar-refractivity contribution < 1.29 is 9.53 Å². The molecular formula is C15H16ClN3O2. The van der Waals surface area contributed by atoms with E-state index in [9.17, 15) is 4.79 Å². The third kappa shape index (κ3) is 4.10. The van der Waals surface area contributed by atoms with Gasteiger partial charge >= 0.3 is 5.97 Å². The highest BCUT2D eigenvalue weighted by Crippen LogP contribution is 2.17. The summed E-state index contributed by atoms with van der Waals surface area (Å²) in [5.41, 5.74) is 7.53. The van der Waals surface area contributed by atoms with E-state index in [1.807, 2.05) is 24.3 Å². The lowest BCUT2D eigenvalue weighted by molar-refractivity contribution is 0.0601. The summed E-state index contributed by atoms with van der Waals surface area (Å²) in [5, 5.41) is 3.83. The van der Waals surface area contributed by atoms with Crippen molar-refractivity contribution in [3.05, 3.63) is 52.7 Å². The average Bonchev–Trinajstić information content (AvgIpc) is 2.50. The Hall–Kier alpha value is -2.27. The molecule has 0 spiro atoms. The second-order valence-electron chi connectivity index (χ2n) is 4.46.